The van der Waals surface area contributed by atoms with Gasteiger partial charge < -0.3 is 14.5 Å². The summed E-state index contributed by atoms with van der Waals surface area (Å²) in [5, 5.41) is 2.97. The monoisotopic (exact) mass is 364 g/mol. The summed E-state index contributed by atoms with van der Waals surface area (Å²) in [4.78, 5) is 19.3. The number of hydrogen-bond donors (Lipinski definition) is 1. The molecule has 1 saturated heterocycles. The van der Waals surface area contributed by atoms with E-state index >= 15 is 0 Å². The first-order chi connectivity index (χ1) is 13.2. The van der Waals surface area contributed by atoms with Gasteiger partial charge in [0.15, 0.2) is 0 Å². The summed E-state index contributed by atoms with van der Waals surface area (Å²) >= 11 is 0. The zero-order valence-corrected chi connectivity index (χ0v) is 15.5. The maximum absolute atomic E-state index is 12.5. The molecule has 0 spiro atoms. The molecule has 0 aliphatic carbocycles. The predicted molar refractivity (Wildman–Crippen MR) is 104 cm³/mol. The predicted octanol–water partition coefficient (Wildman–Crippen LogP) is 2.27. The Balaban J connectivity index is 1.33. The van der Waals surface area contributed by atoms with Crippen molar-refractivity contribution in [2.75, 3.05) is 26.2 Å². The van der Waals surface area contributed by atoms with Gasteiger partial charge in [-0.25, -0.2) is 4.98 Å². The SMILES string of the molecule is Cc1cccc2nc(C(=O)NC[C@H]3CN(Cc4ccccc4)CCO3)cn12. The lowest BCUT2D eigenvalue weighted by Gasteiger charge is -2.33. The van der Waals surface area contributed by atoms with Crippen LogP contribution >= 0.6 is 0 Å². The summed E-state index contributed by atoms with van der Waals surface area (Å²) in [5.74, 6) is -0.165. The molecule has 1 aliphatic heterocycles. The molecule has 1 atom stereocenters. The van der Waals surface area contributed by atoms with E-state index in [-0.39, 0.29) is 12.0 Å². The first-order valence-corrected chi connectivity index (χ1v) is 9.30. The highest BCUT2D eigenvalue weighted by Gasteiger charge is 2.22. The fraction of sp³-hybridized carbons (Fsp3) is 0.333. The van der Waals surface area contributed by atoms with Crippen molar-refractivity contribution >= 4 is 11.6 Å². The van der Waals surface area contributed by atoms with Crippen LogP contribution in [0.2, 0.25) is 0 Å². The number of aromatic nitrogens is 2. The second-order valence-electron chi connectivity index (χ2n) is 6.95. The van der Waals surface area contributed by atoms with Gasteiger partial charge in [0.1, 0.15) is 11.3 Å². The number of amides is 1. The van der Waals surface area contributed by atoms with Crippen LogP contribution in [0.25, 0.3) is 5.65 Å². The van der Waals surface area contributed by atoms with Gasteiger partial charge in [0, 0.05) is 38.1 Å². The second-order valence-corrected chi connectivity index (χ2v) is 6.95. The number of carbonyl (C=O) groups is 1. The molecule has 1 aliphatic rings. The molecule has 1 amide bonds. The van der Waals surface area contributed by atoms with Crippen LogP contribution in [0.15, 0.2) is 54.7 Å². The van der Waals surface area contributed by atoms with Crippen LogP contribution < -0.4 is 5.32 Å². The largest absolute Gasteiger partial charge is 0.374 e. The van der Waals surface area contributed by atoms with E-state index in [9.17, 15) is 4.79 Å². The molecule has 27 heavy (non-hydrogen) atoms. The zero-order valence-electron chi connectivity index (χ0n) is 15.5. The van der Waals surface area contributed by atoms with Gasteiger partial charge in [-0.1, -0.05) is 36.4 Å². The zero-order chi connectivity index (χ0) is 18.6. The Labute approximate surface area is 158 Å². The highest BCUT2D eigenvalue weighted by Crippen LogP contribution is 2.11. The molecule has 3 heterocycles. The maximum atomic E-state index is 12.5. The number of ether oxygens (including phenoxy) is 1. The summed E-state index contributed by atoms with van der Waals surface area (Å²) in [7, 11) is 0. The first kappa shape index (κ1) is 17.7. The minimum atomic E-state index is -0.165. The molecule has 1 N–H and O–H groups in total. The third-order valence-electron chi connectivity index (χ3n) is 4.89. The average molecular weight is 364 g/mol. The maximum Gasteiger partial charge on any atom is 0.271 e. The van der Waals surface area contributed by atoms with Gasteiger partial charge in [0.05, 0.1) is 12.7 Å². The topological polar surface area (TPSA) is 58.9 Å². The fourth-order valence-corrected chi connectivity index (χ4v) is 3.44. The van der Waals surface area contributed by atoms with Gasteiger partial charge in [-0.05, 0) is 24.6 Å². The summed E-state index contributed by atoms with van der Waals surface area (Å²) in [6.07, 6.45) is 1.77. The molecule has 0 saturated carbocycles. The molecule has 1 aromatic carbocycles. The van der Waals surface area contributed by atoms with Crippen LogP contribution in [0.5, 0.6) is 0 Å². The van der Waals surface area contributed by atoms with E-state index in [2.05, 4.69) is 39.5 Å². The van der Waals surface area contributed by atoms with Crippen LogP contribution in [0.3, 0.4) is 0 Å². The number of rotatable bonds is 5. The highest BCUT2D eigenvalue weighted by atomic mass is 16.5. The number of morpholine rings is 1. The summed E-state index contributed by atoms with van der Waals surface area (Å²) in [6.45, 7) is 5.77. The summed E-state index contributed by atoms with van der Waals surface area (Å²) in [5.41, 5.74) is 3.55. The number of benzene rings is 1. The van der Waals surface area contributed by atoms with E-state index in [1.165, 1.54) is 5.56 Å². The quantitative estimate of drug-likeness (QED) is 0.755. The minimum absolute atomic E-state index is 0.00909. The Hall–Kier alpha value is -2.70. The van der Waals surface area contributed by atoms with Crippen LogP contribution in [0.1, 0.15) is 21.7 Å². The lowest BCUT2D eigenvalue weighted by atomic mass is 10.2. The second kappa shape index (κ2) is 7.90. The minimum Gasteiger partial charge on any atom is -0.374 e. The first-order valence-electron chi connectivity index (χ1n) is 9.30. The summed E-state index contributed by atoms with van der Waals surface area (Å²) in [6, 6.07) is 16.3. The van der Waals surface area contributed by atoms with Crippen LogP contribution in [0.4, 0.5) is 0 Å². The molecule has 3 aromatic rings. The highest BCUT2D eigenvalue weighted by molar-refractivity contribution is 5.92. The molecule has 2 aromatic heterocycles. The van der Waals surface area contributed by atoms with Crippen molar-refractivity contribution in [3.63, 3.8) is 0 Å². The molecule has 140 valence electrons. The van der Waals surface area contributed by atoms with Crippen molar-refractivity contribution in [3.05, 3.63) is 71.7 Å². The van der Waals surface area contributed by atoms with Crippen molar-refractivity contribution in [1.82, 2.24) is 19.6 Å². The van der Waals surface area contributed by atoms with Gasteiger partial charge >= 0.3 is 0 Å². The Morgan fingerprint density at radius 1 is 1.22 bits per heavy atom. The Morgan fingerprint density at radius 2 is 2.07 bits per heavy atom. The van der Waals surface area contributed by atoms with Crippen LogP contribution in [0, 0.1) is 6.92 Å². The fourth-order valence-electron chi connectivity index (χ4n) is 3.44. The third kappa shape index (κ3) is 4.18. The number of nitrogens with one attached hydrogen (secondary N) is 1. The van der Waals surface area contributed by atoms with E-state index in [0.29, 0.717) is 18.8 Å². The van der Waals surface area contributed by atoms with E-state index in [1.807, 2.05) is 35.6 Å². The van der Waals surface area contributed by atoms with E-state index in [0.717, 1.165) is 31.0 Å². The van der Waals surface area contributed by atoms with E-state index < -0.39 is 0 Å². The standard InChI is InChI=1S/C21H24N4O2/c1-16-6-5-9-20-23-19(15-25(16)20)21(26)22-12-18-14-24(10-11-27-18)13-17-7-3-2-4-8-17/h2-9,15,18H,10-14H2,1H3,(H,22,26)/t18-/m0/s1. The third-order valence-corrected chi connectivity index (χ3v) is 4.89. The smallest absolute Gasteiger partial charge is 0.271 e. The molecule has 4 rings (SSSR count). The number of fused-ring (bicyclic) bond motifs is 1. The van der Waals surface area contributed by atoms with Crippen molar-refractivity contribution in [1.29, 1.82) is 0 Å². The van der Waals surface area contributed by atoms with Crippen molar-refractivity contribution < 1.29 is 9.53 Å². The van der Waals surface area contributed by atoms with E-state index in [1.54, 1.807) is 6.20 Å². The van der Waals surface area contributed by atoms with Gasteiger partial charge in [-0.2, -0.15) is 0 Å². The lowest BCUT2D eigenvalue weighted by molar-refractivity contribution is -0.0292. The van der Waals surface area contributed by atoms with Crippen molar-refractivity contribution in [2.24, 2.45) is 0 Å². The van der Waals surface area contributed by atoms with Gasteiger partial charge in [-0.15, -0.1) is 0 Å². The molecule has 1 fully saturated rings. The number of aryl methyl sites for hydroxylation is 1. The molecule has 0 bridgehead atoms. The molecule has 6 heteroatoms. The summed E-state index contributed by atoms with van der Waals surface area (Å²) < 4.78 is 7.75. The van der Waals surface area contributed by atoms with Gasteiger partial charge in [0.2, 0.25) is 0 Å². The Kier molecular flexibility index (Phi) is 5.18. The average Bonchev–Trinajstić information content (AvgIpc) is 3.13. The van der Waals surface area contributed by atoms with Crippen molar-refractivity contribution in [3.8, 4) is 0 Å². The lowest BCUT2D eigenvalue weighted by Crippen LogP contribution is -2.47. The number of pyridine rings is 1. The van der Waals surface area contributed by atoms with E-state index in [4.69, 9.17) is 4.74 Å². The Morgan fingerprint density at radius 3 is 2.89 bits per heavy atom. The molecule has 6 nitrogen and oxygen atoms in total. The number of nitrogens with zero attached hydrogens (tertiary/aromatic N) is 3. The number of carbonyl (C=O) groups excluding carboxylic acids is 1. The molecule has 0 radical (unpaired) electrons. The van der Waals surface area contributed by atoms with Crippen molar-refractivity contribution in [2.45, 2.75) is 19.6 Å². The van der Waals surface area contributed by atoms with Gasteiger partial charge in [0.25, 0.3) is 5.91 Å². The normalized spacial score (nSPS) is 17.9. The number of imidazole rings is 1. The molecule has 0 unspecified atom stereocenters. The van der Waals surface area contributed by atoms with Crippen LogP contribution in [-0.2, 0) is 11.3 Å². The molecular weight excluding hydrogens is 340 g/mol. The van der Waals surface area contributed by atoms with Gasteiger partial charge in [-0.3, -0.25) is 9.69 Å². The van der Waals surface area contributed by atoms with Crippen LogP contribution in [-0.4, -0.2) is 52.5 Å². The number of hydrogen-bond acceptors (Lipinski definition) is 4. The molecular formula is C21H24N4O2. The Bertz CT molecular complexity index is 922.